The molecule has 0 aromatic heterocycles. The van der Waals surface area contributed by atoms with Gasteiger partial charge >= 0.3 is 0 Å². The van der Waals surface area contributed by atoms with Gasteiger partial charge in [0.25, 0.3) is 5.91 Å². The SMILES string of the molecule is COc1cccc(N(C(=O)c2ccccc2C)C(=S)N(C)C)c1. The maximum Gasteiger partial charge on any atom is 0.264 e. The molecule has 0 saturated heterocycles. The van der Waals surface area contributed by atoms with Gasteiger partial charge in [-0.2, -0.15) is 0 Å². The third kappa shape index (κ3) is 3.68. The van der Waals surface area contributed by atoms with Gasteiger partial charge in [0.05, 0.1) is 12.8 Å². The standard InChI is InChI=1S/C18H20N2O2S/c1-13-8-5-6-11-16(13)17(21)20(18(23)19(2)3)14-9-7-10-15(12-14)22-4/h5-12H,1-4H3. The lowest BCUT2D eigenvalue weighted by atomic mass is 10.1. The molecule has 2 aromatic rings. The molecule has 5 heteroatoms. The van der Waals surface area contributed by atoms with Crippen LogP contribution in [0.25, 0.3) is 0 Å². The second-order valence-corrected chi connectivity index (χ2v) is 5.70. The molecule has 23 heavy (non-hydrogen) atoms. The quantitative estimate of drug-likeness (QED) is 0.808. The van der Waals surface area contributed by atoms with Gasteiger partial charge in [0, 0.05) is 25.7 Å². The zero-order chi connectivity index (χ0) is 17.0. The van der Waals surface area contributed by atoms with Gasteiger partial charge in [-0.1, -0.05) is 24.3 Å². The van der Waals surface area contributed by atoms with Crippen LogP contribution in [-0.2, 0) is 0 Å². The molecule has 0 N–H and O–H groups in total. The Labute approximate surface area is 142 Å². The summed E-state index contributed by atoms with van der Waals surface area (Å²) in [4.78, 5) is 16.4. The lowest BCUT2D eigenvalue weighted by Crippen LogP contribution is -2.43. The van der Waals surface area contributed by atoms with Crippen LogP contribution in [0.5, 0.6) is 5.75 Å². The van der Waals surface area contributed by atoms with E-state index < -0.39 is 0 Å². The number of methoxy groups -OCH3 is 1. The van der Waals surface area contributed by atoms with Crippen molar-refractivity contribution in [2.45, 2.75) is 6.92 Å². The minimum Gasteiger partial charge on any atom is -0.497 e. The molecule has 0 aliphatic heterocycles. The molecular weight excluding hydrogens is 308 g/mol. The fourth-order valence-corrected chi connectivity index (χ4v) is 2.39. The number of amides is 1. The van der Waals surface area contributed by atoms with Crippen molar-refractivity contribution in [3.05, 3.63) is 59.7 Å². The second kappa shape index (κ2) is 7.24. The molecule has 120 valence electrons. The van der Waals surface area contributed by atoms with Crippen LogP contribution in [0.3, 0.4) is 0 Å². The van der Waals surface area contributed by atoms with Crippen molar-refractivity contribution < 1.29 is 9.53 Å². The number of nitrogens with zero attached hydrogens (tertiary/aromatic N) is 2. The summed E-state index contributed by atoms with van der Waals surface area (Å²) in [5.41, 5.74) is 2.21. The van der Waals surface area contributed by atoms with E-state index in [2.05, 4.69) is 0 Å². The summed E-state index contributed by atoms with van der Waals surface area (Å²) >= 11 is 5.47. The monoisotopic (exact) mass is 328 g/mol. The molecule has 0 spiro atoms. The van der Waals surface area contributed by atoms with Crippen LogP contribution in [-0.4, -0.2) is 37.1 Å². The number of benzene rings is 2. The smallest absolute Gasteiger partial charge is 0.264 e. The van der Waals surface area contributed by atoms with E-state index in [1.54, 1.807) is 18.1 Å². The summed E-state index contributed by atoms with van der Waals surface area (Å²) in [6.07, 6.45) is 0. The number of anilines is 1. The van der Waals surface area contributed by atoms with Crippen LogP contribution in [0.2, 0.25) is 0 Å². The maximum absolute atomic E-state index is 13.1. The lowest BCUT2D eigenvalue weighted by Gasteiger charge is -2.28. The Bertz CT molecular complexity index is 728. The van der Waals surface area contributed by atoms with Gasteiger partial charge in [-0.25, -0.2) is 0 Å². The predicted octanol–water partition coefficient (Wildman–Crippen LogP) is 3.50. The van der Waals surface area contributed by atoms with Crippen molar-refractivity contribution in [2.75, 3.05) is 26.1 Å². The number of rotatable bonds is 3. The van der Waals surface area contributed by atoms with Crippen LogP contribution in [0.4, 0.5) is 5.69 Å². The number of thiocarbonyl (C=S) groups is 1. The molecular formula is C18H20N2O2S. The van der Waals surface area contributed by atoms with Crippen molar-refractivity contribution in [1.82, 2.24) is 4.90 Å². The van der Waals surface area contributed by atoms with Crippen molar-refractivity contribution in [3.8, 4) is 5.75 Å². The first-order valence-corrected chi connectivity index (χ1v) is 7.62. The first kappa shape index (κ1) is 17.0. The average Bonchev–Trinajstić information content (AvgIpc) is 2.55. The first-order valence-electron chi connectivity index (χ1n) is 7.21. The molecule has 0 fully saturated rings. The number of hydrogen-bond donors (Lipinski definition) is 0. The number of carbonyl (C=O) groups excluding carboxylic acids is 1. The van der Waals surface area contributed by atoms with E-state index in [-0.39, 0.29) is 5.91 Å². The van der Waals surface area contributed by atoms with Crippen LogP contribution in [0, 0.1) is 6.92 Å². The van der Waals surface area contributed by atoms with Gasteiger partial charge in [-0.15, -0.1) is 0 Å². The van der Waals surface area contributed by atoms with Gasteiger partial charge in [-0.05, 0) is 42.9 Å². The highest BCUT2D eigenvalue weighted by Gasteiger charge is 2.24. The molecule has 2 rings (SSSR count). The fraction of sp³-hybridized carbons (Fsp3) is 0.222. The van der Waals surface area contributed by atoms with Gasteiger partial charge in [0.2, 0.25) is 0 Å². The molecule has 0 atom stereocenters. The van der Waals surface area contributed by atoms with Crippen LogP contribution < -0.4 is 9.64 Å². The maximum atomic E-state index is 13.1. The molecule has 4 nitrogen and oxygen atoms in total. The molecule has 2 aromatic carbocycles. The molecule has 0 bridgehead atoms. The fourth-order valence-electron chi connectivity index (χ4n) is 2.20. The first-order chi connectivity index (χ1) is 11.0. The number of ether oxygens (including phenoxy) is 1. The summed E-state index contributed by atoms with van der Waals surface area (Å²) in [6, 6.07) is 14.8. The Kier molecular flexibility index (Phi) is 5.34. The van der Waals surface area contributed by atoms with Crippen molar-refractivity contribution in [3.63, 3.8) is 0 Å². The number of carbonyl (C=O) groups is 1. The van der Waals surface area contributed by atoms with E-state index in [0.29, 0.717) is 22.1 Å². The molecule has 0 unspecified atom stereocenters. The number of hydrogen-bond acceptors (Lipinski definition) is 3. The molecule has 0 radical (unpaired) electrons. The molecule has 0 saturated carbocycles. The van der Waals surface area contributed by atoms with Crippen LogP contribution in [0.15, 0.2) is 48.5 Å². The van der Waals surface area contributed by atoms with E-state index in [4.69, 9.17) is 17.0 Å². The average molecular weight is 328 g/mol. The zero-order valence-electron chi connectivity index (χ0n) is 13.7. The Hall–Kier alpha value is -2.40. The Morgan fingerprint density at radius 2 is 1.78 bits per heavy atom. The molecule has 0 aliphatic carbocycles. The largest absolute Gasteiger partial charge is 0.497 e. The third-order valence-electron chi connectivity index (χ3n) is 3.46. The minimum atomic E-state index is -0.157. The van der Waals surface area contributed by atoms with Crippen molar-refractivity contribution in [1.29, 1.82) is 0 Å². The lowest BCUT2D eigenvalue weighted by molar-refractivity contribution is 0.1000. The van der Waals surface area contributed by atoms with Crippen LogP contribution in [0.1, 0.15) is 15.9 Å². The number of aryl methyl sites for hydroxylation is 1. The van der Waals surface area contributed by atoms with E-state index in [9.17, 15) is 4.79 Å². The molecule has 0 aliphatic rings. The molecule has 0 heterocycles. The molecule has 1 amide bonds. The third-order valence-corrected chi connectivity index (χ3v) is 4.01. The Morgan fingerprint density at radius 1 is 1.09 bits per heavy atom. The van der Waals surface area contributed by atoms with Gasteiger partial charge in [0.15, 0.2) is 5.11 Å². The summed E-state index contributed by atoms with van der Waals surface area (Å²) in [5.74, 6) is 0.515. The summed E-state index contributed by atoms with van der Waals surface area (Å²) in [6.45, 7) is 1.91. The normalized spacial score (nSPS) is 10.1. The van der Waals surface area contributed by atoms with Crippen molar-refractivity contribution in [2.24, 2.45) is 0 Å². The topological polar surface area (TPSA) is 32.8 Å². The van der Waals surface area contributed by atoms with Gasteiger partial charge in [0.1, 0.15) is 5.75 Å². The Balaban J connectivity index is 2.52. The summed E-state index contributed by atoms with van der Waals surface area (Å²) in [7, 11) is 5.23. The van der Waals surface area contributed by atoms with E-state index >= 15 is 0 Å². The minimum absolute atomic E-state index is 0.157. The van der Waals surface area contributed by atoms with Gasteiger partial charge in [-0.3, -0.25) is 9.69 Å². The second-order valence-electron chi connectivity index (χ2n) is 5.33. The van der Waals surface area contributed by atoms with E-state index in [1.165, 1.54) is 4.90 Å². The predicted molar refractivity (Wildman–Crippen MR) is 97.3 cm³/mol. The van der Waals surface area contributed by atoms with E-state index in [0.717, 1.165) is 5.56 Å². The Morgan fingerprint density at radius 3 is 2.39 bits per heavy atom. The van der Waals surface area contributed by atoms with E-state index in [1.807, 2.05) is 63.5 Å². The van der Waals surface area contributed by atoms with Gasteiger partial charge < -0.3 is 9.64 Å². The highest BCUT2D eigenvalue weighted by atomic mass is 32.1. The summed E-state index contributed by atoms with van der Waals surface area (Å²) in [5, 5.41) is 0.423. The van der Waals surface area contributed by atoms with Crippen LogP contribution >= 0.6 is 12.2 Å². The highest BCUT2D eigenvalue weighted by molar-refractivity contribution is 7.80. The van der Waals surface area contributed by atoms with Crippen molar-refractivity contribution >= 4 is 28.9 Å². The highest BCUT2D eigenvalue weighted by Crippen LogP contribution is 2.24. The zero-order valence-corrected chi connectivity index (χ0v) is 14.6. The summed E-state index contributed by atoms with van der Waals surface area (Å²) < 4.78 is 5.26.